The lowest BCUT2D eigenvalue weighted by Crippen LogP contribution is -2.09. The second kappa shape index (κ2) is 7.17. The third-order valence-electron chi connectivity index (χ3n) is 3.96. The predicted octanol–water partition coefficient (Wildman–Crippen LogP) is 5.37. The molecule has 1 heterocycles. The molecular weight excluding hydrogens is 391 g/mol. The summed E-state index contributed by atoms with van der Waals surface area (Å²) >= 11 is 0. The maximum absolute atomic E-state index is 14.4. The molecule has 3 rings (SSSR count). The quantitative estimate of drug-likeness (QED) is 0.469. The second-order valence-electron chi connectivity index (χ2n) is 5.92. The first-order valence-corrected chi connectivity index (χ1v) is 7.88. The van der Waals surface area contributed by atoms with Gasteiger partial charge in [-0.15, -0.1) is 0 Å². The van der Waals surface area contributed by atoms with Crippen molar-refractivity contribution in [2.45, 2.75) is 19.6 Å². The van der Waals surface area contributed by atoms with Crippen LogP contribution in [0.5, 0.6) is 0 Å². The van der Waals surface area contributed by atoms with E-state index in [0.29, 0.717) is 6.07 Å². The zero-order valence-corrected chi connectivity index (χ0v) is 14.2. The summed E-state index contributed by atoms with van der Waals surface area (Å²) in [7, 11) is 0. The minimum Gasteiger partial charge on any atom is -0.381 e. The van der Waals surface area contributed by atoms with E-state index < -0.39 is 47.2 Å². The Balaban J connectivity index is 1.84. The molecule has 3 nitrogen and oxygen atoms in total. The number of hydrogen-bond donors (Lipinski definition) is 1. The first kappa shape index (κ1) is 19.7. The van der Waals surface area contributed by atoms with Gasteiger partial charge in [-0.3, -0.25) is 0 Å². The highest BCUT2D eigenvalue weighted by molar-refractivity contribution is 5.50. The fourth-order valence-electron chi connectivity index (χ4n) is 2.57. The van der Waals surface area contributed by atoms with Gasteiger partial charge in [-0.05, 0) is 43.3 Å². The summed E-state index contributed by atoms with van der Waals surface area (Å²) in [5, 5.41) is 5.90. The molecule has 0 spiro atoms. The lowest BCUT2D eigenvalue weighted by molar-refractivity contribution is -0.141. The van der Waals surface area contributed by atoms with Gasteiger partial charge in [0.2, 0.25) is 0 Å². The summed E-state index contributed by atoms with van der Waals surface area (Å²) in [5.74, 6) is -4.48. The van der Waals surface area contributed by atoms with Crippen LogP contribution in [-0.2, 0) is 12.7 Å². The summed E-state index contributed by atoms with van der Waals surface area (Å²) in [6.45, 7) is 0.872. The fraction of sp³-hybridized carbons (Fsp3) is 0.167. The van der Waals surface area contributed by atoms with E-state index in [9.17, 15) is 30.7 Å². The summed E-state index contributed by atoms with van der Waals surface area (Å²) in [6, 6.07) is 5.57. The Morgan fingerprint density at radius 1 is 0.929 bits per heavy atom. The van der Waals surface area contributed by atoms with Crippen molar-refractivity contribution in [2.24, 2.45) is 0 Å². The molecular formula is C18H12F7N3. The molecule has 0 radical (unpaired) electrons. The first-order chi connectivity index (χ1) is 13.1. The maximum atomic E-state index is 14.4. The molecule has 0 aliphatic carbocycles. The van der Waals surface area contributed by atoms with Gasteiger partial charge in [-0.25, -0.2) is 22.2 Å². The van der Waals surface area contributed by atoms with Crippen LogP contribution < -0.4 is 5.32 Å². The van der Waals surface area contributed by atoms with Crippen LogP contribution in [0.25, 0.3) is 5.69 Å². The predicted molar refractivity (Wildman–Crippen MR) is 86.9 cm³/mol. The van der Waals surface area contributed by atoms with Crippen LogP contribution >= 0.6 is 0 Å². The molecule has 2 aromatic carbocycles. The van der Waals surface area contributed by atoms with Crippen LogP contribution in [0.1, 0.15) is 17.0 Å². The number of nitrogens with zero attached hydrogens (tertiary/aromatic N) is 2. The topological polar surface area (TPSA) is 29.9 Å². The van der Waals surface area contributed by atoms with Gasteiger partial charge < -0.3 is 5.32 Å². The van der Waals surface area contributed by atoms with E-state index in [1.807, 2.05) is 0 Å². The standard InChI is InChI=1S/C18H12F7N3/c1-9-6-16(18(23,24)25)27-28(9)15-5-2-10(7-14(15)21)26-8-11-12(19)3-4-13(20)17(11)22/h2-7,26H,8H2,1H3. The van der Waals surface area contributed by atoms with Gasteiger partial charge in [0, 0.05) is 23.5 Å². The highest BCUT2D eigenvalue weighted by atomic mass is 19.4. The second-order valence-corrected chi connectivity index (χ2v) is 5.92. The molecule has 1 aromatic heterocycles. The average Bonchev–Trinajstić information content (AvgIpc) is 3.00. The molecule has 0 aliphatic heterocycles. The van der Waals surface area contributed by atoms with Crippen molar-refractivity contribution < 1.29 is 30.7 Å². The number of rotatable bonds is 4. The molecule has 28 heavy (non-hydrogen) atoms. The molecule has 148 valence electrons. The lowest BCUT2D eigenvalue weighted by atomic mass is 10.1. The van der Waals surface area contributed by atoms with Crippen molar-refractivity contribution in [2.75, 3.05) is 5.32 Å². The molecule has 0 atom stereocenters. The zero-order valence-electron chi connectivity index (χ0n) is 14.2. The number of alkyl halides is 3. The van der Waals surface area contributed by atoms with Gasteiger partial charge in [0.1, 0.15) is 11.5 Å². The average molecular weight is 403 g/mol. The van der Waals surface area contributed by atoms with E-state index in [1.54, 1.807) is 0 Å². The summed E-state index contributed by atoms with van der Waals surface area (Å²) < 4.78 is 93.9. The Morgan fingerprint density at radius 2 is 1.61 bits per heavy atom. The van der Waals surface area contributed by atoms with E-state index >= 15 is 0 Å². The highest BCUT2D eigenvalue weighted by Gasteiger charge is 2.34. The van der Waals surface area contributed by atoms with E-state index in [0.717, 1.165) is 28.9 Å². The summed E-state index contributed by atoms with van der Waals surface area (Å²) in [6.07, 6.45) is -4.67. The van der Waals surface area contributed by atoms with Crippen molar-refractivity contribution >= 4 is 5.69 Å². The fourth-order valence-corrected chi connectivity index (χ4v) is 2.57. The number of halogens is 7. The van der Waals surface area contributed by atoms with Crippen LogP contribution in [0.3, 0.4) is 0 Å². The van der Waals surface area contributed by atoms with Gasteiger partial charge in [-0.1, -0.05) is 0 Å². The van der Waals surface area contributed by atoms with Crippen molar-refractivity contribution in [3.8, 4) is 5.69 Å². The molecule has 3 aromatic rings. The Hall–Kier alpha value is -3.04. The van der Waals surface area contributed by atoms with Gasteiger partial charge in [0.15, 0.2) is 23.1 Å². The molecule has 0 amide bonds. The van der Waals surface area contributed by atoms with Crippen molar-refractivity contribution in [3.63, 3.8) is 0 Å². The normalized spacial score (nSPS) is 11.7. The van der Waals surface area contributed by atoms with Gasteiger partial charge in [0.05, 0.1) is 0 Å². The molecule has 0 saturated carbocycles. The number of hydrogen-bond acceptors (Lipinski definition) is 2. The van der Waals surface area contributed by atoms with E-state index in [4.69, 9.17) is 0 Å². The largest absolute Gasteiger partial charge is 0.435 e. The monoisotopic (exact) mass is 403 g/mol. The van der Waals surface area contributed by atoms with E-state index in [1.165, 1.54) is 13.0 Å². The van der Waals surface area contributed by atoms with Crippen LogP contribution in [0.15, 0.2) is 36.4 Å². The third-order valence-corrected chi connectivity index (χ3v) is 3.96. The van der Waals surface area contributed by atoms with Crippen LogP contribution in [-0.4, -0.2) is 9.78 Å². The van der Waals surface area contributed by atoms with Crippen LogP contribution in [0.4, 0.5) is 36.4 Å². The number of nitrogens with one attached hydrogen (secondary N) is 1. The van der Waals surface area contributed by atoms with Gasteiger partial charge in [0.25, 0.3) is 0 Å². The minimum atomic E-state index is -4.67. The van der Waals surface area contributed by atoms with Crippen molar-refractivity contribution in [1.82, 2.24) is 9.78 Å². The van der Waals surface area contributed by atoms with Crippen LogP contribution in [0, 0.1) is 30.2 Å². The number of anilines is 1. The molecule has 1 N–H and O–H groups in total. The van der Waals surface area contributed by atoms with Crippen LogP contribution in [0.2, 0.25) is 0 Å². The number of aryl methyl sites for hydroxylation is 1. The Morgan fingerprint density at radius 3 is 2.21 bits per heavy atom. The minimum absolute atomic E-state index is 0.0656. The van der Waals surface area contributed by atoms with E-state index in [2.05, 4.69) is 10.4 Å². The SMILES string of the molecule is Cc1cc(C(F)(F)F)nn1-c1ccc(NCc2c(F)ccc(F)c2F)cc1F. The maximum Gasteiger partial charge on any atom is 0.435 e. The Labute approximate surface area is 154 Å². The third kappa shape index (κ3) is 3.80. The summed E-state index contributed by atoms with van der Waals surface area (Å²) in [5.41, 5.74) is -1.81. The molecule has 0 aliphatic rings. The summed E-state index contributed by atoms with van der Waals surface area (Å²) in [4.78, 5) is 0. The smallest absolute Gasteiger partial charge is 0.381 e. The Bertz CT molecular complexity index is 1020. The number of aromatic nitrogens is 2. The van der Waals surface area contributed by atoms with Crippen molar-refractivity contribution in [3.05, 3.63) is 76.6 Å². The first-order valence-electron chi connectivity index (χ1n) is 7.88. The molecule has 0 saturated heterocycles. The van der Waals surface area contributed by atoms with Crippen molar-refractivity contribution in [1.29, 1.82) is 0 Å². The highest BCUT2D eigenvalue weighted by Crippen LogP contribution is 2.30. The Kier molecular flexibility index (Phi) is 5.05. The van der Waals surface area contributed by atoms with Gasteiger partial charge in [-0.2, -0.15) is 18.3 Å². The zero-order chi connectivity index (χ0) is 20.6. The van der Waals surface area contributed by atoms with Gasteiger partial charge >= 0.3 is 6.18 Å². The molecule has 0 fully saturated rings. The molecule has 10 heteroatoms. The number of benzene rings is 2. The molecule has 0 bridgehead atoms. The van der Waals surface area contributed by atoms with E-state index in [-0.39, 0.29) is 17.1 Å². The molecule has 0 unspecified atom stereocenters. The lowest BCUT2D eigenvalue weighted by Gasteiger charge is -2.11.